The van der Waals surface area contributed by atoms with Crippen molar-refractivity contribution in [1.29, 1.82) is 0 Å². The zero-order valence-corrected chi connectivity index (χ0v) is 13.8. The third-order valence-electron chi connectivity index (χ3n) is 3.32. The third kappa shape index (κ3) is 2.09. The molecular formula is C15H12INO2S. The molecule has 0 saturated heterocycles. The Hall–Kier alpha value is -1.21. The summed E-state index contributed by atoms with van der Waals surface area (Å²) in [6.45, 7) is 2.35. The summed E-state index contributed by atoms with van der Waals surface area (Å²) in [5.74, 6) is -0.255. The molecule has 0 spiro atoms. The molecule has 0 aromatic heterocycles. The van der Waals surface area contributed by atoms with Crippen LogP contribution in [0.3, 0.4) is 0 Å². The largest absolute Gasteiger partial charge is 0.465 e. The van der Waals surface area contributed by atoms with Crippen LogP contribution in [0.2, 0.25) is 0 Å². The molecule has 0 aliphatic carbocycles. The maximum Gasteiger partial charge on any atom is 0.325 e. The molecule has 2 aromatic rings. The van der Waals surface area contributed by atoms with E-state index in [1.807, 2.05) is 29.2 Å². The lowest BCUT2D eigenvalue weighted by Crippen LogP contribution is -2.32. The Morgan fingerprint density at radius 3 is 2.90 bits per heavy atom. The van der Waals surface area contributed by atoms with Gasteiger partial charge in [-0.15, -0.1) is 0 Å². The summed E-state index contributed by atoms with van der Waals surface area (Å²) in [5.41, 5.74) is 2.02. The molecule has 0 radical (unpaired) electrons. The van der Waals surface area contributed by atoms with Gasteiger partial charge in [-0.2, -0.15) is 0 Å². The quantitative estimate of drug-likeness (QED) is 0.451. The second kappa shape index (κ2) is 5.29. The van der Waals surface area contributed by atoms with Crippen molar-refractivity contribution in [3.63, 3.8) is 0 Å². The molecule has 3 rings (SSSR count). The van der Waals surface area contributed by atoms with Gasteiger partial charge in [0.2, 0.25) is 0 Å². The number of rotatable bonds is 3. The van der Waals surface area contributed by atoms with Crippen LogP contribution in [-0.4, -0.2) is 24.1 Å². The van der Waals surface area contributed by atoms with E-state index in [0.717, 1.165) is 16.6 Å². The fraction of sp³-hybridized carbons (Fsp3) is 0.200. The number of carbonyl (C=O) groups excluding carboxylic acids is 1. The van der Waals surface area contributed by atoms with Gasteiger partial charge in [0.15, 0.2) is 0 Å². The first-order chi connectivity index (χ1) is 9.63. The number of hydrogen-bond acceptors (Lipinski definition) is 3. The van der Waals surface area contributed by atoms with Crippen LogP contribution < -0.4 is 4.90 Å². The van der Waals surface area contributed by atoms with Gasteiger partial charge in [-0.3, -0.25) is 4.79 Å². The standard InChI is InChI=1S/C15H12INO2S/c1-2-19-13(18)8-17-12-7-6-11(16)9-4-3-5-10(14(9)12)15(17)20/h3-7H,2,8H2,1H3. The lowest BCUT2D eigenvalue weighted by molar-refractivity contribution is -0.141. The molecule has 0 saturated carbocycles. The number of anilines is 1. The summed E-state index contributed by atoms with van der Waals surface area (Å²) in [6, 6.07) is 10.2. The van der Waals surface area contributed by atoms with Crippen LogP contribution in [0.5, 0.6) is 0 Å². The Labute approximate surface area is 136 Å². The molecule has 20 heavy (non-hydrogen) atoms. The number of halogens is 1. The molecule has 2 aromatic carbocycles. The minimum Gasteiger partial charge on any atom is -0.465 e. The number of hydrogen-bond donors (Lipinski definition) is 0. The second-order valence-corrected chi connectivity index (χ2v) is 6.04. The highest BCUT2D eigenvalue weighted by Crippen LogP contribution is 2.39. The monoisotopic (exact) mass is 397 g/mol. The van der Waals surface area contributed by atoms with Gasteiger partial charge < -0.3 is 9.64 Å². The fourth-order valence-corrected chi connectivity index (χ4v) is 3.47. The Balaban J connectivity index is 2.10. The van der Waals surface area contributed by atoms with Crippen LogP contribution >= 0.6 is 34.8 Å². The fourth-order valence-electron chi connectivity index (χ4n) is 2.50. The predicted molar refractivity (Wildman–Crippen MR) is 92.3 cm³/mol. The van der Waals surface area contributed by atoms with E-state index < -0.39 is 0 Å². The van der Waals surface area contributed by atoms with Gasteiger partial charge in [0.25, 0.3) is 0 Å². The molecule has 5 heteroatoms. The first kappa shape index (κ1) is 13.8. The van der Waals surface area contributed by atoms with Crippen molar-refractivity contribution in [2.24, 2.45) is 0 Å². The zero-order valence-electron chi connectivity index (χ0n) is 10.9. The van der Waals surface area contributed by atoms with Crippen LogP contribution in [0.4, 0.5) is 5.69 Å². The Morgan fingerprint density at radius 2 is 2.15 bits per heavy atom. The lowest BCUT2D eigenvalue weighted by atomic mass is 10.1. The van der Waals surface area contributed by atoms with Crippen LogP contribution in [0.1, 0.15) is 12.5 Å². The minimum absolute atomic E-state index is 0.164. The molecule has 1 aliphatic heterocycles. The van der Waals surface area contributed by atoms with Crippen molar-refractivity contribution < 1.29 is 9.53 Å². The summed E-state index contributed by atoms with van der Waals surface area (Å²) >= 11 is 7.84. The average Bonchev–Trinajstić information content (AvgIpc) is 2.70. The maximum atomic E-state index is 11.8. The highest BCUT2D eigenvalue weighted by molar-refractivity contribution is 14.1. The summed E-state index contributed by atoms with van der Waals surface area (Å²) in [6.07, 6.45) is 0. The highest BCUT2D eigenvalue weighted by atomic mass is 127. The summed E-state index contributed by atoms with van der Waals surface area (Å²) in [5, 5.41) is 2.31. The number of nitrogens with zero attached hydrogens (tertiary/aromatic N) is 1. The number of ether oxygens (including phenoxy) is 1. The third-order valence-corrected chi connectivity index (χ3v) is 4.71. The first-order valence-corrected chi connectivity index (χ1v) is 7.81. The maximum absolute atomic E-state index is 11.8. The zero-order chi connectivity index (χ0) is 14.3. The first-order valence-electron chi connectivity index (χ1n) is 6.32. The number of benzene rings is 2. The molecule has 1 heterocycles. The molecule has 3 nitrogen and oxygen atoms in total. The van der Waals surface area contributed by atoms with Crippen LogP contribution in [-0.2, 0) is 9.53 Å². The van der Waals surface area contributed by atoms with Gasteiger partial charge in [-0.1, -0.05) is 30.4 Å². The van der Waals surface area contributed by atoms with Crippen molar-refractivity contribution >= 4 is 62.2 Å². The number of thiocarbonyl (C=S) groups is 1. The Kier molecular flexibility index (Phi) is 3.64. The Morgan fingerprint density at radius 1 is 1.35 bits per heavy atom. The molecule has 0 unspecified atom stereocenters. The van der Waals surface area contributed by atoms with Crippen LogP contribution in [0, 0.1) is 3.57 Å². The van der Waals surface area contributed by atoms with E-state index in [0.29, 0.717) is 11.6 Å². The summed E-state index contributed by atoms with van der Waals surface area (Å²) < 4.78 is 6.21. The summed E-state index contributed by atoms with van der Waals surface area (Å²) in [7, 11) is 0. The van der Waals surface area contributed by atoms with Crippen molar-refractivity contribution in [3.8, 4) is 0 Å². The van der Waals surface area contributed by atoms with Crippen molar-refractivity contribution in [2.45, 2.75) is 6.92 Å². The molecule has 0 amide bonds. The van der Waals surface area contributed by atoms with Gasteiger partial charge in [0.1, 0.15) is 11.5 Å². The van der Waals surface area contributed by atoms with E-state index in [1.165, 1.54) is 8.96 Å². The van der Waals surface area contributed by atoms with E-state index in [1.54, 1.807) is 6.92 Å². The molecular weight excluding hydrogens is 385 g/mol. The van der Waals surface area contributed by atoms with Crippen molar-refractivity contribution in [2.75, 3.05) is 18.1 Å². The normalized spacial score (nSPS) is 13.1. The Bertz CT molecular complexity index is 729. The van der Waals surface area contributed by atoms with Gasteiger partial charge >= 0.3 is 5.97 Å². The predicted octanol–water partition coefficient (Wildman–Crippen LogP) is 3.50. The van der Waals surface area contributed by atoms with E-state index >= 15 is 0 Å². The SMILES string of the molecule is CCOC(=O)CN1C(=S)c2cccc3c(I)ccc1c23. The smallest absolute Gasteiger partial charge is 0.325 e. The van der Waals surface area contributed by atoms with Crippen LogP contribution in [0.15, 0.2) is 30.3 Å². The van der Waals surface area contributed by atoms with E-state index in [4.69, 9.17) is 17.0 Å². The lowest BCUT2D eigenvalue weighted by Gasteiger charge is -2.18. The second-order valence-electron chi connectivity index (χ2n) is 4.49. The van der Waals surface area contributed by atoms with E-state index in [-0.39, 0.29) is 12.5 Å². The summed E-state index contributed by atoms with van der Waals surface area (Å²) in [4.78, 5) is 14.3. The van der Waals surface area contributed by atoms with Gasteiger partial charge in [-0.05, 0) is 47.0 Å². The number of carbonyl (C=O) groups is 1. The molecule has 0 bridgehead atoms. The molecule has 102 valence electrons. The molecule has 0 atom stereocenters. The molecule has 0 N–H and O–H groups in total. The number of esters is 1. The highest BCUT2D eigenvalue weighted by Gasteiger charge is 2.28. The van der Waals surface area contributed by atoms with Crippen molar-refractivity contribution in [3.05, 3.63) is 39.5 Å². The van der Waals surface area contributed by atoms with Gasteiger partial charge in [-0.25, -0.2) is 0 Å². The topological polar surface area (TPSA) is 29.5 Å². The average molecular weight is 397 g/mol. The van der Waals surface area contributed by atoms with Gasteiger partial charge in [0.05, 0.1) is 12.3 Å². The van der Waals surface area contributed by atoms with Crippen molar-refractivity contribution in [1.82, 2.24) is 0 Å². The van der Waals surface area contributed by atoms with E-state index in [2.05, 4.69) is 28.7 Å². The minimum atomic E-state index is -0.255. The van der Waals surface area contributed by atoms with E-state index in [9.17, 15) is 4.79 Å². The molecule has 1 aliphatic rings. The van der Waals surface area contributed by atoms with Gasteiger partial charge in [0, 0.05) is 14.5 Å². The molecule has 0 fully saturated rings. The van der Waals surface area contributed by atoms with Crippen LogP contribution in [0.25, 0.3) is 10.8 Å².